The average molecular weight is 220 g/mol. The fourth-order valence-electron chi connectivity index (χ4n) is 1.91. The highest BCUT2D eigenvalue weighted by atomic mass is 16.3. The van der Waals surface area contributed by atoms with E-state index in [4.69, 9.17) is 5.11 Å². The lowest BCUT2D eigenvalue weighted by molar-refractivity contribution is 0.112. The van der Waals surface area contributed by atoms with Crippen molar-refractivity contribution in [1.29, 1.82) is 0 Å². The quantitative estimate of drug-likeness (QED) is 0.757. The first-order chi connectivity index (χ1) is 7.76. The van der Waals surface area contributed by atoms with Crippen molar-refractivity contribution in [2.45, 2.75) is 25.8 Å². The summed E-state index contributed by atoms with van der Waals surface area (Å²) in [5.74, 6) is 0.891. The third-order valence-corrected chi connectivity index (χ3v) is 2.81. The minimum atomic E-state index is 0.132. The summed E-state index contributed by atoms with van der Waals surface area (Å²) >= 11 is 0. The van der Waals surface area contributed by atoms with Gasteiger partial charge in [0.05, 0.1) is 6.61 Å². The summed E-state index contributed by atoms with van der Waals surface area (Å²) in [6.45, 7) is 2.69. The van der Waals surface area contributed by atoms with Crippen LogP contribution in [-0.2, 0) is 0 Å². The number of hydrogen-bond donors (Lipinski definition) is 1. The molecular formula is C12H16N2O2. The number of nitrogens with zero attached hydrogens (tertiary/aromatic N) is 2. The number of aldehydes is 1. The molecule has 1 saturated carbocycles. The molecule has 0 radical (unpaired) electrons. The number of aliphatic hydroxyl groups is 1. The molecule has 0 bridgehead atoms. The van der Waals surface area contributed by atoms with Crippen LogP contribution in [0, 0.1) is 6.92 Å². The van der Waals surface area contributed by atoms with Crippen LogP contribution in [0.3, 0.4) is 0 Å². The van der Waals surface area contributed by atoms with Crippen LogP contribution in [0.5, 0.6) is 0 Å². The molecule has 1 heterocycles. The molecule has 0 amide bonds. The molecular weight excluding hydrogens is 204 g/mol. The summed E-state index contributed by atoms with van der Waals surface area (Å²) in [4.78, 5) is 17.1. The molecule has 0 saturated heterocycles. The van der Waals surface area contributed by atoms with E-state index < -0.39 is 0 Å². The van der Waals surface area contributed by atoms with Crippen LogP contribution in [0.2, 0.25) is 0 Å². The van der Waals surface area contributed by atoms with E-state index in [-0.39, 0.29) is 6.61 Å². The zero-order valence-corrected chi connectivity index (χ0v) is 9.39. The Hall–Kier alpha value is -1.42. The summed E-state index contributed by atoms with van der Waals surface area (Å²) in [5.41, 5.74) is 1.59. The van der Waals surface area contributed by atoms with Gasteiger partial charge in [0.2, 0.25) is 0 Å². The van der Waals surface area contributed by atoms with Crippen LogP contribution in [-0.4, -0.2) is 35.6 Å². The van der Waals surface area contributed by atoms with Gasteiger partial charge in [-0.15, -0.1) is 0 Å². The fraction of sp³-hybridized carbons (Fsp3) is 0.500. The smallest absolute Gasteiger partial charge is 0.151 e. The number of aliphatic hydroxyl groups excluding tert-OH is 1. The molecule has 0 atom stereocenters. The van der Waals surface area contributed by atoms with Crippen LogP contribution in [0.4, 0.5) is 5.82 Å². The van der Waals surface area contributed by atoms with Crippen LogP contribution >= 0.6 is 0 Å². The first-order valence-corrected chi connectivity index (χ1v) is 5.55. The van der Waals surface area contributed by atoms with E-state index in [0.717, 1.165) is 30.5 Å². The van der Waals surface area contributed by atoms with Crippen LogP contribution in [0.25, 0.3) is 0 Å². The van der Waals surface area contributed by atoms with E-state index in [0.29, 0.717) is 18.2 Å². The lowest BCUT2D eigenvalue weighted by Gasteiger charge is -2.24. The molecule has 4 nitrogen and oxygen atoms in total. The number of carbonyl (C=O) groups excluding carboxylic acids is 1. The Balaban J connectivity index is 2.26. The van der Waals surface area contributed by atoms with Gasteiger partial charge in [0.15, 0.2) is 6.29 Å². The van der Waals surface area contributed by atoms with Crippen molar-refractivity contribution in [2.75, 3.05) is 18.1 Å². The van der Waals surface area contributed by atoms with Crippen LogP contribution < -0.4 is 4.90 Å². The topological polar surface area (TPSA) is 53.4 Å². The second kappa shape index (κ2) is 4.61. The van der Waals surface area contributed by atoms with Crippen LogP contribution in [0.1, 0.15) is 28.8 Å². The van der Waals surface area contributed by atoms with Gasteiger partial charge in [-0.05, 0) is 31.4 Å². The molecule has 2 rings (SSSR count). The van der Waals surface area contributed by atoms with E-state index >= 15 is 0 Å². The van der Waals surface area contributed by atoms with Gasteiger partial charge < -0.3 is 10.0 Å². The molecule has 1 N–H and O–H groups in total. The maximum atomic E-state index is 10.6. The number of aromatic nitrogens is 1. The van der Waals surface area contributed by atoms with Crippen molar-refractivity contribution in [3.63, 3.8) is 0 Å². The van der Waals surface area contributed by atoms with Crippen molar-refractivity contribution in [3.8, 4) is 0 Å². The van der Waals surface area contributed by atoms with E-state index in [1.54, 1.807) is 6.20 Å². The van der Waals surface area contributed by atoms with Gasteiger partial charge in [0.1, 0.15) is 5.82 Å². The highest BCUT2D eigenvalue weighted by Crippen LogP contribution is 2.31. The number of pyridine rings is 1. The summed E-state index contributed by atoms with van der Waals surface area (Å²) < 4.78 is 0. The summed E-state index contributed by atoms with van der Waals surface area (Å²) in [6.07, 6.45) is 4.71. The molecule has 4 heteroatoms. The Morgan fingerprint density at radius 2 is 2.38 bits per heavy atom. The Morgan fingerprint density at radius 3 is 2.88 bits per heavy atom. The summed E-state index contributed by atoms with van der Waals surface area (Å²) in [6, 6.07) is 2.35. The van der Waals surface area contributed by atoms with Crippen molar-refractivity contribution in [3.05, 3.63) is 23.4 Å². The molecule has 0 aromatic carbocycles. The lowest BCUT2D eigenvalue weighted by Crippen LogP contribution is -2.30. The van der Waals surface area contributed by atoms with Gasteiger partial charge in [-0.25, -0.2) is 4.98 Å². The molecule has 1 aromatic heterocycles. The Morgan fingerprint density at radius 1 is 1.62 bits per heavy atom. The highest BCUT2D eigenvalue weighted by molar-refractivity contribution is 5.75. The van der Waals surface area contributed by atoms with E-state index in [9.17, 15) is 4.79 Å². The monoisotopic (exact) mass is 220 g/mol. The Kier molecular flexibility index (Phi) is 3.19. The third-order valence-electron chi connectivity index (χ3n) is 2.81. The number of aryl methyl sites for hydroxylation is 1. The summed E-state index contributed by atoms with van der Waals surface area (Å²) in [5, 5.41) is 9.04. The van der Waals surface area contributed by atoms with Crippen molar-refractivity contribution in [2.24, 2.45) is 0 Å². The maximum absolute atomic E-state index is 10.6. The van der Waals surface area contributed by atoms with Gasteiger partial charge in [0, 0.05) is 24.3 Å². The molecule has 1 aliphatic carbocycles. The van der Waals surface area contributed by atoms with Crippen LogP contribution in [0.15, 0.2) is 12.3 Å². The van der Waals surface area contributed by atoms with Gasteiger partial charge >= 0.3 is 0 Å². The number of rotatable bonds is 5. The standard InChI is InChI=1S/C12H16N2O2/c1-9-6-10(8-16)7-13-12(9)14(4-5-15)11-2-3-11/h6-8,11,15H,2-5H2,1H3. The third kappa shape index (κ3) is 2.22. The predicted molar refractivity (Wildman–Crippen MR) is 61.8 cm³/mol. The molecule has 1 aromatic rings. The molecule has 86 valence electrons. The van der Waals surface area contributed by atoms with Gasteiger partial charge in [-0.1, -0.05) is 0 Å². The molecule has 1 aliphatic rings. The van der Waals surface area contributed by atoms with Gasteiger partial charge in [0.25, 0.3) is 0 Å². The first kappa shape index (κ1) is 11.1. The normalized spacial score (nSPS) is 14.9. The predicted octanol–water partition coefficient (Wildman–Crippen LogP) is 1.16. The summed E-state index contributed by atoms with van der Waals surface area (Å²) in [7, 11) is 0. The second-order valence-corrected chi connectivity index (χ2v) is 4.18. The minimum absolute atomic E-state index is 0.132. The Bertz CT molecular complexity index is 389. The van der Waals surface area contributed by atoms with Gasteiger partial charge in [-0.2, -0.15) is 0 Å². The van der Waals surface area contributed by atoms with E-state index in [1.807, 2.05) is 13.0 Å². The molecule has 0 spiro atoms. The minimum Gasteiger partial charge on any atom is -0.395 e. The largest absolute Gasteiger partial charge is 0.395 e. The molecule has 0 unspecified atom stereocenters. The molecule has 1 fully saturated rings. The fourth-order valence-corrected chi connectivity index (χ4v) is 1.91. The second-order valence-electron chi connectivity index (χ2n) is 4.18. The molecule has 0 aliphatic heterocycles. The van der Waals surface area contributed by atoms with Gasteiger partial charge in [-0.3, -0.25) is 4.79 Å². The number of anilines is 1. The number of hydrogen-bond acceptors (Lipinski definition) is 4. The zero-order valence-electron chi connectivity index (χ0n) is 9.39. The van der Waals surface area contributed by atoms with Crippen molar-refractivity contribution >= 4 is 12.1 Å². The zero-order chi connectivity index (χ0) is 11.5. The first-order valence-electron chi connectivity index (χ1n) is 5.55. The lowest BCUT2D eigenvalue weighted by atomic mass is 10.2. The van der Waals surface area contributed by atoms with Crippen molar-refractivity contribution < 1.29 is 9.90 Å². The van der Waals surface area contributed by atoms with E-state index in [2.05, 4.69) is 9.88 Å². The highest BCUT2D eigenvalue weighted by Gasteiger charge is 2.30. The SMILES string of the molecule is Cc1cc(C=O)cnc1N(CCO)C1CC1. The Labute approximate surface area is 94.9 Å². The van der Waals surface area contributed by atoms with Crippen molar-refractivity contribution in [1.82, 2.24) is 4.98 Å². The average Bonchev–Trinajstić information content (AvgIpc) is 3.10. The molecule has 16 heavy (non-hydrogen) atoms. The maximum Gasteiger partial charge on any atom is 0.151 e. The number of carbonyl (C=O) groups is 1. The van der Waals surface area contributed by atoms with E-state index in [1.165, 1.54) is 0 Å².